The average Bonchev–Trinajstić information content (AvgIpc) is 2.37. The Morgan fingerprint density at radius 2 is 2.15 bits per heavy atom. The minimum Gasteiger partial charge on any atom is -0.494 e. The van der Waals surface area contributed by atoms with Crippen LogP contribution in [0.5, 0.6) is 5.75 Å². The lowest BCUT2D eigenvalue weighted by Crippen LogP contribution is -2.41. The fourth-order valence-corrected chi connectivity index (χ4v) is 2.07. The number of methoxy groups -OCH3 is 1. The minimum absolute atomic E-state index is 0.0365. The van der Waals surface area contributed by atoms with E-state index < -0.39 is 5.82 Å². The number of hydrogen-bond acceptors (Lipinski definition) is 3. The zero-order valence-corrected chi connectivity index (χ0v) is 12.3. The van der Waals surface area contributed by atoms with E-state index in [-0.39, 0.29) is 24.1 Å². The molecule has 4 nitrogen and oxygen atoms in total. The molecule has 0 saturated heterocycles. The summed E-state index contributed by atoms with van der Waals surface area (Å²) in [6.07, 6.45) is 0.967. The summed E-state index contributed by atoms with van der Waals surface area (Å²) in [5.74, 6) is 0.0251. The van der Waals surface area contributed by atoms with Crippen LogP contribution in [0.2, 0.25) is 0 Å². The van der Waals surface area contributed by atoms with Crippen LogP contribution in [0.3, 0.4) is 0 Å². The molecule has 0 spiro atoms. The third-order valence-electron chi connectivity index (χ3n) is 2.99. The number of amides is 1. The summed E-state index contributed by atoms with van der Waals surface area (Å²) in [7, 11) is 1.41. The van der Waals surface area contributed by atoms with Crippen LogP contribution in [0, 0.1) is 11.7 Å². The largest absolute Gasteiger partial charge is 0.494 e. The molecule has 112 valence electrons. The molecule has 0 heterocycles. The van der Waals surface area contributed by atoms with E-state index in [4.69, 9.17) is 10.5 Å². The Morgan fingerprint density at radius 1 is 1.45 bits per heavy atom. The van der Waals surface area contributed by atoms with Crippen molar-refractivity contribution in [1.29, 1.82) is 0 Å². The molecular weight excluding hydrogens is 259 g/mol. The Labute approximate surface area is 119 Å². The van der Waals surface area contributed by atoms with Gasteiger partial charge in [0.25, 0.3) is 0 Å². The van der Waals surface area contributed by atoms with E-state index in [2.05, 4.69) is 19.2 Å². The van der Waals surface area contributed by atoms with Gasteiger partial charge in [0.05, 0.1) is 13.5 Å². The fraction of sp³-hybridized carbons (Fsp3) is 0.533. The van der Waals surface area contributed by atoms with Gasteiger partial charge >= 0.3 is 0 Å². The highest BCUT2D eigenvalue weighted by molar-refractivity contribution is 5.78. The Hall–Kier alpha value is -1.62. The first-order valence-electron chi connectivity index (χ1n) is 6.78. The molecule has 0 aliphatic heterocycles. The van der Waals surface area contributed by atoms with Gasteiger partial charge in [-0.2, -0.15) is 0 Å². The minimum atomic E-state index is -0.463. The first kappa shape index (κ1) is 16.4. The maximum Gasteiger partial charge on any atom is 0.224 e. The first-order valence-corrected chi connectivity index (χ1v) is 6.78. The predicted octanol–water partition coefficient (Wildman–Crippen LogP) is 1.87. The van der Waals surface area contributed by atoms with Crippen LogP contribution >= 0.6 is 0 Å². The van der Waals surface area contributed by atoms with Crippen molar-refractivity contribution in [2.24, 2.45) is 11.7 Å². The highest BCUT2D eigenvalue weighted by Crippen LogP contribution is 2.18. The van der Waals surface area contributed by atoms with Crippen molar-refractivity contribution < 1.29 is 13.9 Å². The highest BCUT2D eigenvalue weighted by atomic mass is 19.1. The lowest BCUT2D eigenvalue weighted by molar-refractivity contribution is -0.121. The Bertz CT molecular complexity index is 449. The standard InChI is InChI=1S/C15H23FN2O2/c1-10(2)6-12(9-17)18-15(19)8-11-4-5-14(20-3)13(16)7-11/h4-5,7,10,12H,6,8-9,17H2,1-3H3,(H,18,19). The van der Waals surface area contributed by atoms with E-state index in [1.807, 2.05) is 0 Å². The van der Waals surface area contributed by atoms with Crippen molar-refractivity contribution in [3.8, 4) is 5.75 Å². The van der Waals surface area contributed by atoms with Crippen molar-refractivity contribution in [2.75, 3.05) is 13.7 Å². The number of benzene rings is 1. The van der Waals surface area contributed by atoms with Gasteiger partial charge in [-0.3, -0.25) is 4.79 Å². The second-order valence-electron chi connectivity index (χ2n) is 5.28. The summed E-state index contributed by atoms with van der Waals surface area (Å²) in [5.41, 5.74) is 6.25. The SMILES string of the molecule is COc1ccc(CC(=O)NC(CN)CC(C)C)cc1F. The number of rotatable bonds is 7. The highest BCUT2D eigenvalue weighted by Gasteiger charge is 2.13. The molecule has 1 aromatic carbocycles. The van der Waals surface area contributed by atoms with Gasteiger partial charge in [0.1, 0.15) is 0 Å². The molecular formula is C15H23FN2O2. The van der Waals surface area contributed by atoms with Crippen molar-refractivity contribution in [2.45, 2.75) is 32.7 Å². The van der Waals surface area contributed by atoms with Crippen molar-refractivity contribution in [1.82, 2.24) is 5.32 Å². The van der Waals surface area contributed by atoms with Gasteiger partial charge in [-0.25, -0.2) is 4.39 Å². The van der Waals surface area contributed by atoms with Crippen LogP contribution in [0.25, 0.3) is 0 Å². The molecule has 0 aliphatic carbocycles. The van der Waals surface area contributed by atoms with Gasteiger partial charge < -0.3 is 15.8 Å². The predicted molar refractivity (Wildman–Crippen MR) is 77.1 cm³/mol. The van der Waals surface area contributed by atoms with Crippen LogP contribution in [0.15, 0.2) is 18.2 Å². The van der Waals surface area contributed by atoms with Crippen LogP contribution in [-0.4, -0.2) is 25.6 Å². The third-order valence-corrected chi connectivity index (χ3v) is 2.99. The second-order valence-corrected chi connectivity index (χ2v) is 5.28. The van der Waals surface area contributed by atoms with Crippen molar-refractivity contribution in [3.05, 3.63) is 29.6 Å². The zero-order chi connectivity index (χ0) is 15.1. The lowest BCUT2D eigenvalue weighted by Gasteiger charge is -2.18. The molecule has 1 unspecified atom stereocenters. The van der Waals surface area contributed by atoms with Crippen LogP contribution in [0.4, 0.5) is 4.39 Å². The number of nitrogens with one attached hydrogen (secondary N) is 1. The van der Waals surface area contributed by atoms with Gasteiger partial charge in [0.2, 0.25) is 5.91 Å². The number of carbonyl (C=O) groups is 1. The molecule has 5 heteroatoms. The normalized spacial score (nSPS) is 12.3. The first-order chi connectivity index (χ1) is 9.46. The molecule has 3 N–H and O–H groups in total. The van der Waals surface area contributed by atoms with Gasteiger partial charge in [-0.15, -0.1) is 0 Å². The summed E-state index contributed by atoms with van der Waals surface area (Å²) < 4.78 is 18.4. The number of carbonyl (C=O) groups excluding carboxylic acids is 1. The van der Waals surface area contributed by atoms with Gasteiger partial charge in [-0.1, -0.05) is 19.9 Å². The lowest BCUT2D eigenvalue weighted by atomic mass is 10.0. The maximum atomic E-state index is 13.5. The van der Waals surface area contributed by atoms with Crippen molar-refractivity contribution in [3.63, 3.8) is 0 Å². The van der Waals surface area contributed by atoms with E-state index in [9.17, 15) is 9.18 Å². The Kier molecular flexibility index (Phi) is 6.45. The van der Waals surface area contributed by atoms with E-state index in [1.165, 1.54) is 19.2 Å². The number of nitrogens with two attached hydrogens (primary N) is 1. The van der Waals surface area contributed by atoms with Crippen LogP contribution in [0.1, 0.15) is 25.8 Å². The molecule has 0 fully saturated rings. The summed E-state index contributed by atoms with van der Waals surface area (Å²) in [4.78, 5) is 11.9. The molecule has 1 atom stereocenters. The smallest absolute Gasteiger partial charge is 0.224 e. The van der Waals surface area contributed by atoms with E-state index in [1.54, 1.807) is 6.07 Å². The summed E-state index contributed by atoms with van der Waals surface area (Å²) in [6, 6.07) is 4.48. The number of hydrogen-bond donors (Lipinski definition) is 2. The van der Waals surface area contributed by atoms with Gasteiger partial charge in [0.15, 0.2) is 11.6 Å². The summed E-state index contributed by atoms with van der Waals surface area (Å²) in [5, 5.41) is 2.88. The van der Waals surface area contributed by atoms with E-state index >= 15 is 0 Å². The molecule has 0 aromatic heterocycles. The number of ether oxygens (including phenoxy) is 1. The molecule has 0 radical (unpaired) electrons. The van der Waals surface area contributed by atoms with E-state index in [0.29, 0.717) is 18.0 Å². The summed E-state index contributed by atoms with van der Waals surface area (Å²) >= 11 is 0. The van der Waals surface area contributed by atoms with Crippen LogP contribution in [-0.2, 0) is 11.2 Å². The monoisotopic (exact) mass is 282 g/mol. The van der Waals surface area contributed by atoms with Crippen molar-refractivity contribution >= 4 is 5.91 Å². The molecule has 0 saturated carbocycles. The molecule has 20 heavy (non-hydrogen) atoms. The second kappa shape index (κ2) is 7.85. The maximum absolute atomic E-state index is 13.5. The Morgan fingerprint density at radius 3 is 2.65 bits per heavy atom. The van der Waals surface area contributed by atoms with Crippen LogP contribution < -0.4 is 15.8 Å². The summed E-state index contributed by atoms with van der Waals surface area (Å²) in [6.45, 7) is 4.56. The van der Waals surface area contributed by atoms with E-state index in [0.717, 1.165) is 6.42 Å². The topological polar surface area (TPSA) is 64.3 Å². The molecule has 0 bridgehead atoms. The zero-order valence-electron chi connectivity index (χ0n) is 12.3. The van der Waals surface area contributed by atoms with Gasteiger partial charge in [-0.05, 0) is 30.0 Å². The number of halogens is 1. The molecule has 0 aliphatic rings. The average molecular weight is 282 g/mol. The molecule has 1 amide bonds. The van der Waals surface area contributed by atoms with Gasteiger partial charge in [0, 0.05) is 12.6 Å². The quantitative estimate of drug-likeness (QED) is 0.802. The fourth-order valence-electron chi connectivity index (χ4n) is 2.07. The Balaban J connectivity index is 2.59. The molecule has 1 aromatic rings. The third kappa shape index (κ3) is 5.17. The molecule has 1 rings (SSSR count).